The molecule has 1 unspecified atom stereocenters. The maximum absolute atomic E-state index is 12.0. The largest absolute Gasteiger partial charge is 0.381 e. The summed E-state index contributed by atoms with van der Waals surface area (Å²) in [7, 11) is 3.32. The zero-order valence-corrected chi connectivity index (χ0v) is 11.1. The lowest BCUT2D eigenvalue weighted by Crippen LogP contribution is -2.48. The molecule has 2 rings (SSSR count). The molecular formula is C13H18N4O2. The molecule has 19 heavy (non-hydrogen) atoms. The molecule has 0 saturated carbocycles. The van der Waals surface area contributed by atoms with Crippen molar-refractivity contribution in [1.82, 2.24) is 10.2 Å². The molecule has 0 fully saturated rings. The first-order valence-corrected chi connectivity index (χ1v) is 6.15. The first-order valence-electron chi connectivity index (χ1n) is 6.15. The monoisotopic (exact) mass is 262 g/mol. The van der Waals surface area contributed by atoms with Crippen molar-refractivity contribution in [2.45, 2.75) is 6.04 Å². The third kappa shape index (κ3) is 3.15. The quantitative estimate of drug-likeness (QED) is 0.722. The molecule has 3 N–H and O–H groups in total. The number of carbonyl (C=O) groups excluding carboxylic acids is 2. The highest BCUT2D eigenvalue weighted by Crippen LogP contribution is 2.24. The van der Waals surface area contributed by atoms with Crippen LogP contribution in [0.25, 0.3) is 0 Å². The Morgan fingerprint density at radius 2 is 2.00 bits per heavy atom. The molecule has 0 radical (unpaired) electrons. The fourth-order valence-electron chi connectivity index (χ4n) is 1.82. The number of hydrogen-bond donors (Lipinski definition) is 3. The zero-order valence-electron chi connectivity index (χ0n) is 11.1. The number of likely N-dealkylation sites (N-methyl/N-ethyl adjacent to an activating group) is 1. The second-order valence-corrected chi connectivity index (χ2v) is 4.63. The summed E-state index contributed by atoms with van der Waals surface area (Å²) in [5, 5.41) is 8.97. The molecule has 0 bridgehead atoms. The number of para-hydroxylation sites is 2. The Hall–Kier alpha value is -2.24. The molecule has 1 heterocycles. The van der Waals surface area contributed by atoms with Crippen molar-refractivity contribution in [3.05, 3.63) is 24.3 Å². The molecule has 2 amide bonds. The van der Waals surface area contributed by atoms with Crippen molar-refractivity contribution in [1.29, 1.82) is 0 Å². The third-order valence-corrected chi connectivity index (χ3v) is 2.98. The fourth-order valence-corrected chi connectivity index (χ4v) is 1.82. The standard InChI is InChI=1S/C13H18N4O2/c1-17(2)12(18)8-15-13(19)11-7-14-9-5-3-4-6-10(9)16-11/h3-6,11,14,16H,7-8H2,1-2H3,(H,15,19). The van der Waals surface area contributed by atoms with Gasteiger partial charge in [0.15, 0.2) is 0 Å². The van der Waals surface area contributed by atoms with E-state index >= 15 is 0 Å². The predicted octanol–water partition coefficient (Wildman–Crippen LogP) is 0.0970. The molecule has 6 nitrogen and oxygen atoms in total. The van der Waals surface area contributed by atoms with Crippen molar-refractivity contribution < 1.29 is 9.59 Å². The van der Waals surface area contributed by atoms with Gasteiger partial charge in [-0.05, 0) is 12.1 Å². The van der Waals surface area contributed by atoms with Gasteiger partial charge in [-0.15, -0.1) is 0 Å². The maximum Gasteiger partial charge on any atom is 0.244 e. The molecule has 102 valence electrons. The number of nitrogens with one attached hydrogen (secondary N) is 3. The van der Waals surface area contributed by atoms with Gasteiger partial charge >= 0.3 is 0 Å². The molecule has 0 aliphatic carbocycles. The van der Waals surface area contributed by atoms with Gasteiger partial charge in [-0.2, -0.15) is 0 Å². The smallest absolute Gasteiger partial charge is 0.244 e. The summed E-state index contributed by atoms with van der Waals surface area (Å²) in [5.41, 5.74) is 1.88. The van der Waals surface area contributed by atoms with Crippen LogP contribution in [0, 0.1) is 0 Å². The summed E-state index contributed by atoms with van der Waals surface area (Å²) in [5.74, 6) is -0.310. The molecule has 0 spiro atoms. The number of amides is 2. The number of rotatable bonds is 3. The minimum absolute atomic E-state index is 0.0195. The molecule has 1 aliphatic rings. The van der Waals surface area contributed by atoms with Gasteiger partial charge in [-0.1, -0.05) is 12.1 Å². The Morgan fingerprint density at radius 1 is 1.32 bits per heavy atom. The topological polar surface area (TPSA) is 73.5 Å². The molecule has 0 saturated heterocycles. The second kappa shape index (κ2) is 5.60. The number of nitrogens with zero attached hydrogens (tertiary/aromatic N) is 1. The van der Waals surface area contributed by atoms with E-state index in [0.717, 1.165) is 11.4 Å². The minimum atomic E-state index is -0.370. The van der Waals surface area contributed by atoms with Crippen LogP contribution >= 0.6 is 0 Å². The van der Waals surface area contributed by atoms with Gasteiger partial charge in [-0.3, -0.25) is 9.59 Å². The van der Waals surface area contributed by atoms with Gasteiger partial charge in [0.05, 0.1) is 17.9 Å². The van der Waals surface area contributed by atoms with E-state index in [1.807, 2.05) is 24.3 Å². The van der Waals surface area contributed by atoms with Gasteiger partial charge in [0, 0.05) is 20.6 Å². The number of hydrogen-bond acceptors (Lipinski definition) is 4. The zero-order chi connectivity index (χ0) is 13.8. The SMILES string of the molecule is CN(C)C(=O)CNC(=O)C1CNc2ccccc2N1. The summed E-state index contributed by atoms with van der Waals surface area (Å²) in [6.07, 6.45) is 0. The lowest BCUT2D eigenvalue weighted by molar-refractivity contribution is -0.131. The molecule has 0 aromatic heterocycles. The van der Waals surface area contributed by atoms with E-state index < -0.39 is 0 Å². The van der Waals surface area contributed by atoms with Crippen LogP contribution < -0.4 is 16.0 Å². The highest BCUT2D eigenvalue weighted by atomic mass is 16.2. The fraction of sp³-hybridized carbons (Fsp3) is 0.385. The van der Waals surface area contributed by atoms with Gasteiger partial charge in [0.25, 0.3) is 0 Å². The first-order chi connectivity index (χ1) is 9.08. The Bertz CT molecular complexity index is 487. The van der Waals surface area contributed by atoms with E-state index in [-0.39, 0.29) is 24.4 Å². The van der Waals surface area contributed by atoms with E-state index in [2.05, 4.69) is 16.0 Å². The number of carbonyl (C=O) groups is 2. The highest BCUT2D eigenvalue weighted by molar-refractivity contribution is 5.91. The number of anilines is 2. The first kappa shape index (κ1) is 13.2. The lowest BCUT2D eigenvalue weighted by atomic mass is 10.1. The highest BCUT2D eigenvalue weighted by Gasteiger charge is 2.23. The van der Waals surface area contributed by atoms with E-state index in [1.165, 1.54) is 4.90 Å². The molecule has 1 aliphatic heterocycles. The summed E-state index contributed by atoms with van der Waals surface area (Å²) < 4.78 is 0. The van der Waals surface area contributed by atoms with E-state index in [1.54, 1.807) is 14.1 Å². The molecular weight excluding hydrogens is 244 g/mol. The van der Waals surface area contributed by atoms with Gasteiger partial charge in [-0.25, -0.2) is 0 Å². The minimum Gasteiger partial charge on any atom is -0.381 e. The summed E-state index contributed by atoms with van der Waals surface area (Å²) in [6.45, 7) is 0.519. The molecule has 1 aromatic rings. The molecule has 1 atom stereocenters. The lowest BCUT2D eigenvalue weighted by Gasteiger charge is -2.27. The van der Waals surface area contributed by atoms with Crippen LogP contribution in [0.15, 0.2) is 24.3 Å². The Balaban J connectivity index is 1.90. The van der Waals surface area contributed by atoms with Crippen LogP contribution in [0.3, 0.4) is 0 Å². The van der Waals surface area contributed by atoms with Crippen molar-refractivity contribution in [3.63, 3.8) is 0 Å². The van der Waals surface area contributed by atoms with Crippen molar-refractivity contribution in [2.24, 2.45) is 0 Å². The van der Waals surface area contributed by atoms with Crippen LogP contribution in [0.2, 0.25) is 0 Å². The predicted molar refractivity (Wildman–Crippen MR) is 74.0 cm³/mol. The van der Waals surface area contributed by atoms with Crippen molar-refractivity contribution >= 4 is 23.2 Å². The second-order valence-electron chi connectivity index (χ2n) is 4.63. The maximum atomic E-state index is 12.0. The normalized spacial score (nSPS) is 16.6. The van der Waals surface area contributed by atoms with Gasteiger partial charge in [0.2, 0.25) is 11.8 Å². The van der Waals surface area contributed by atoms with E-state index in [4.69, 9.17) is 0 Å². The Kier molecular flexibility index (Phi) is 3.89. The van der Waals surface area contributed by atoms with Crippen LogP contribution in [0.4, 0.5) is 11.4 Å². The van der Waals surface area contributed by atoms with Gasteiger partial charge in [0.1, 0.15) is 6.04 Å². The van der Waals surface area contributed by atoms with Crippen LogP contribution in [-0.2, 0) is 9.59 Å². The Morgan fingerprint density at radius 3 is 2.68 bits per heavy atom. The van der Waals surface area contributed by atoms with Crippen molar-refractivity contribution in [2.75, 3.05) is 37.8 Å². The Labute approximate surface area is 112 Å². The summed E-state index contributed by atoms with van der Waals surface area (Å²) in [4.78, 5) is 24.8. The average Bonchev–Trinajstić information content (AvgIpc) is 2.43. The third-order valence-electron chi connectivity index (χ3n) is 2.98. The number of fused-ring (bicyclic) bond motifs is 1. The number of benzene rings is 1. The summed E-state index contributed by atoms with van der Waals surface area (Å²) in [6, 6.07) is 7.33. The van der Waals surface area contributed by atoms with Gasteiger partial charge < -0.3 is 20.9 Å². The average molecular weight is 262 g/mol. The van der Waals surface area contributed by atoms with E-state index in [9.17, 15) is 9.59 Å². The van der Waals surface area contributed by atoms with Crippen LogP contribution in [-0.4, -0.2) is 49.9 Å². The van der Waals surface area contributed by atoms with Crippen LogP contribution in [0.1, 0.15) is 0 Å². The molecule has 6 heteroatoms. The van der Waals surface area contributed by atoms with E-state index in [0.29, 0.717) is 6.54 Å². The van der Waals surface area contributed by atoms with Crippen molar-refractivity contribution in [3.8, 4) is 0 Å². The summed E-state index contributed by atoms with van der Waals surface area (Å²) >= 11 is 0. The van der Waals surface area contributed by atoms with Crippen LogP contribution in [0.5, 0.6) is 0 Å². The molecule has 1 aromatic carbocycles.